The summed E-state index contributed by atoms with van der Waals surface area (Å²) in [6, 6.07) is 4.44. The van der Waals surface area contributed by atoms with Crippen LogP contribution in [0.5, 0.6) is 0 Å². The Hall–Kier alpha value is -1.57. The number of benzene rings is 1. The van der Waals surface area contributed by atoms with Crippen molar-refractivity contribution in [2.24, 2.45) is 0 Å². The molecule has 96 valence electrons. The molecule has 0 unspecified atom stereocenters. The molecule has 1 heterocycles. The molecule has 1 aromatic heterocycles. The molecule has 2 heteroatoms. The molecule has 1 aliphatic carbocycles. The van der Waals surface area contributed by atoms with Gasteiger partial charge in [0.15, 0.2) is 0 Å². The van der Waals surface area contributed by atoms with Gasteiger partial charge in [-0.25, -0.2) is 4.98 Å². The summed E-state index contributed by atoms with van der Waals surface area (Å²) in [5, 5.41) is 0. The molecule has 0 amide bonds. The lowest BCUT2D eigenvalue weighted by molar-refractivity contribution is 0.807. The molecule has 0 fully saturated rings. The van der Waals surface area contributed by atoms with E-state index in [0.29, 0.717) is 0 Å². The molecule has 0 atom stereocenters. The summed E-state index contributed by atoms with van der Waals surface area (Å²) in [7, 11) is 0. The zero-order valence-electron chi connectivity index (χ0n) is 11.8. The average molecular weight is 242 g/mol. The van der Waals surface area contributed by atoms with Gasteiger partial charge in [-0.1, -0.05) is 26.8 Å². The SMILES string of the molecule is CC.CCc1cn(-c2ccc(C)c3c2CC3)cn1. The zero-order valence-corrected chi connectivity index (χ0v) is 11.8. The highest BCUT2D eigenvalue weighted by Gasteiger charge is 2.19. The van der Waals surface area contributed by atoms with Crippen molar-refractivity contribution >= 4 is 0 Å². The van der Waals surface area contributed by atoms with Crippen molar-refractivity contribution < 1.29 is 0 Å². The van der Waals surface area contributed by atoms with Gasteiger partial charge >= 0.3 is 0 Å². The van der Waals surface area contributed by atoms with Crippen molar-refractivity contribution in [3.05, 3.63) is 47.0 Å². The first kappa shape index (κ1) is 12.9. The molecular weight excluding hydrogens is 220 g/mol. The molecule has 2 nitrogen and oxygen atoms in total. The van der Waals surface area contributed by atoms with Gasteiger partial charge in [0.25, 0.3) is 0 Å². The van der Waals surface area contributed by atoms with E-state index >= 15 is 0 Å². The van der Waals surface area contributed by atoms with Crippen molar-refractivity contribution in [2.75, 3.05) is 0 Å². The summed E-state index contributed by atoms with van der Waals surface area (Å²) in [5.41, 5.74) is 6.97. The Labute approximate surface area is 110 Å². The first-order valence-electron chi connectivity index (χ1n) is 6.94. The molecule has 3 rings (SSSR count). The van der Waals surface area contributed by atoms with Crippen LogP contribution in [0.25, 0.3) is 5.69 Å². The molecule has 0 aliphatic heterocycles. The van der Waals surface area contributed by atoms with Gasteiger partial charge in [0.05, 0.1) is 12.0 Å². The summed E-state index contributed by atoms with van der Waals surface area (Å²) < 4.78 is 2.16. The van der Waals surface area contributed by atoms with Crippen molar-refractivity contribution in [1.82, 2.24) is 9.55 Å². The second-order valence-corrected chi connectivity index (χ2v) is 4.48. The Kier molecular flexibility index (Phi) is 3.85. The van der Waals surface area contributed by atoms with Crippen LogP contribution in [0.1, 0.15) is 43.2 Å². The average Bonchev–Trinajstić information content (AvgIpc) is 2.82. The van der Waals surface area contributed by atoms with Gasteiger partial charge in [0.1, 0.15) is 0 Å². The number of aryl methyl sites for hydroxylation is 2. The zero-order chi connectivity index (χ0) is 13.1. The highest BCUT2D eigenvalue weighted by Crippen LogP contribution is 2.31. The van der Waals surface area contributed by atoms with Gasteiger partial charge < -0.3 is 4.57 Å². The van der Waals surface area contributed by atoms with Crippen LogP contribution in [0.15, 0.2) is 24.7 Å². The third-order valence-corrected chi connectivity index (χ3v) is 3.54. The Morgan fingerprint density at radius 3 is 2.44 bits per heavy atom. The number of rotatable bonds is 2. The van der Waals surface area contributed by atoms with Gasteiger partial charge in [-0.15, -0.1) is 0 Å². The minimum absolute atomic E-state index is 1.00. The van der Waals surface area contributed by atoms with Crippen LogP contribution in [-0.4, -0.2) is 9.55 Å². The molecule has 1 aliphatic rings. The summed E-state index contributed by atoms with van der Waals surface area (Å²) >= 11 is 0. The first-order chi connectivity index (χ1) is 8.79. The van der Waals surface area contributed by atoms with E-state index in [4.69, 9.17) is 0 Å². The van der Waals surface area contributed by atoms with Gasteiger partial charge in [0, 0.05) is 11.9 Å². The highest BCUT2D eigenvalue weighted by molar-refractivity contribution is 5.54. The molecule has 2 aromatic rings. The summed E-state index contributed by atoms with van der Waals surface area (Å²) in [5.74, 6) is 0. The van der Waals surface area contributed by atoms with E-state index in [1.165, 1.54) is 29.7 Å². The molecule has 0 spiro atoms. The van der Waals surface area contributed by atoms with Gasteiger partial charge in [-0.05, 0) is 48.9 Å². The lowest BCUT2D eigenvalue weighted by Crippen LogP contribution is -2.14. The standard InChI is InChI=1S/C14H16N2.C2H6/c1-3-11-8-16(9-15-11)14-7-4-10(2)12-5-6-13(12)14;1-2/h4,7-9H,3,5-6H2,1-2H3;1-2H3. The van der Waals surface area contributed by atoms with E-state index in [0.717, 1.165) is 12.1 Å². The Morgan fingerprint density at radius 1 is 1.17 bits per heavy atom. The van der Waals surface area contributed by atoms with Gasteiger partial charge in [-0.3, -0.25) is 0 Å². The smallest absolute Gasteiger partial charge is 0.0995 e. The van der Waals surface area contributed by atoms with Crippen LogP contribution in [-0.2, 0) is 19.3 Å². The van der Waals surface area contributed by atoms with E-state index in [1.807, 2.05) is 20.2 Å². The maximum atomic E-state index is 4.39. The molecule has 0 saturated carbocycles. The minimum atomic E-state index is 1.00. The fraction of sp³-hybridized carbons (Fsp3) is 0.438. The van der Waals surface area contributed by atoms with Crippen LogP contribution < -0.4 is 0 Å². The lowest BCUT2D eigenvalue weighted by atomic mass is 9.84. The number of fused-ring (bicyclic) bond motifs is 1. The summed E-state index contributed by atoms with van der Waals surface area (Å²) in [4.78, 5) is 4.39. The quantitative estimate of drug-likeness (QED) is 0.781. The van der Waals surface area contributed by atoms with Crippen LogP contribution >= 0.6 is 0 Å². The van der Waals surface area contributed by atoms with Crippen LogP contribution in [0.2, 0.25) is 0 Å². The van der Waals surface area contributed by atoms with Crippen LogP contribution in [0.4, 0.5) is 0 Å². The van der Waals surface area contributed by atoms with Gasteiger partial charge in [0.2, 0.25) is 0 Å². The van der Waals surface area contributed by atoms with Crippen molar-refractivity contribution in [1.29, 1.82) is 0 Å². The second kappa shape index (κ2) is 5.38. The third-order valence-electron chi connectivity index (χ3n) is 3.54. The molecule has 0 N–H and O–H groups in total. The number of hydrogen-bond acceptors (Lipinski definition) is 1. The molecule has 0 bridgehead atoms. The minimum Gasteiger partial charge on any atom is -0.306 e. The Morgan fingerprint density at radius 2 is 1.89 bits per heavy atom. The molecular formula is C16H22N2. The molecule has 0 radical (unpaired) electrons. The summed E-state index contributed by atoms with van der Waals surface area (Å²) in [6.45, 7) is 8.34. The maximum absolute atomic E-state index is 4.39. The van der Waals surface area contributed by atoms with Crippen molar-refractivity contribution in [3.8, 4) is 5.69 Å². The predicted molar refractivity (Wildman–Crippen MR) is 76.4 cm³/mol. The topological polar surface area (TPSA) is 17.8 Å². The summed E-state index contributed by atoms with van der Waals surface area (Å²) in [6.07, 6.45) is 7.53. The molecule has 18 heavy (non-hydrogen) atoms. The number of imidazole rings is 1. The Bertz CT molecular complexity index is 538. The predicted octanol–water partition coefficient (Wildman–Crippen LogP) is 3.87. The lowest BCUT2D eigenvalue weighted by Gasteiger charge is -2.24. The largest absolute Gasteiger partial charge is 0.306 e. The van der Waals surface area contributed by atoms with Crippen molar-refractivity contribution in [3.63, 3.8) is 0 Å². The number of aromatic nitrogens is 2. The monoisotopic (exact) mass is 242 g/mol. The van der Waals surface area contributed by atoms with Crippen molar-refractivity contribution in [2.45, 2.75) is 47.0 Å². The normalized spacial score (nSPS) is 12.2. The Balaban J connectivity index is 0.000000574. The van der Waals surface area contributed by atoms with E-state index in [-0.39, 0.29) is 0 Å². The maximum Gasteiger partial charge on any atom is 0.0995 e. The van der Waals surface area contributed by atoms with E-state index in [9.17, 15) is 0 Å². The fourth-order valence-corrected chi connectivity index (χ4v) is 2.42. The number of nitrogens with zero attached hydrogens (tertiary/aromatic N) is 2. The number of hydrogen-bond donors (Lipinski definition) is 0. The van der Waals surface area contributed by atoms with E-state index < -0.39 is 0 Å². The second-order valence-electron chi connectivity index (χ2n) is 4.48. The molecule has 1 aromatic carbocycles. The van der Waals surface area contributed by atoms with E-state index in [1.54, 1.807) is 5.56 Å². The van der Waals surface area contributed by atoms with E-state index in [2.05, 4.69) is 41.7 Å². The fourth-order valence-electron chi connectivity index (χ4n) is 2.42. The first-order valence-corrected chi connectivity index (χ1v) is 6.94. The van der Waals surface area contributed by atoms with Crippen LogP contribution in [0.3, 0.4) is 0 Å². The third kappa shape index (κ3) is 2.07. The van der Waals surface area contributed by atoms with Crippen LogP contribution in [0, 0.1) is 6.92 Å². The highest BCUT2D eigenvalue weighted by atomic mass is 15.0. The molecule has 0 saturated heterocycles. The van der Waals surface area contributed by atoms with Gasteiger partial charge in [-0.2, -0.15) is 0 Å².